The van der Waals surface area contributed by atoms with Crippen molar-refractivity contribution in [3.8, 4) is 0 Å². The molecule has 6 aromatic carbocycles. The molecule has 0 saturated heterocycles. The standard InChI is InChI=1S/C38H34O2P2S/c1-32-28-30-38(31-29-32)43(39,40)42(2,36-24-14-6-15-25-36,37-26-16-7-17-27-37)41(33-18-8-3-9-19-33,34-20-10-4-11-21-34)35-22-12-5-13-23-35/h3-31H,2H2,1H3. The number of hydrogen-bond acceptors (Lipinski definition) is 2. The maximum atomic E-state index is 16.3. The molecule has 0 aliphatic rings. The van der Waals surface area contributed by atoms with Crippen molar-refractivity contribution < 1.29 is 8.42 Å². The minimum atomic E-state index is -4.76. The van der Waals surface area contributed by atoms with Gasteiger partial charge in [-0.15, -0.1) is 0 Å². The number of benzene rings is 6. The van der Waals surface area contributed by atoms with Crippen LogP contribution < -0.4 is 26.5 Å². The van der Waals surface area contributed by atoms with Crippen LogP contribution in [0.15, 0.2) is 181 Å². The van der Waals surface area contributed by atoms with Gasteiger partial charge in [0.2, 0.25) is 0 Å². The molecule has 0 amide bonds. The van der Waals surface area contributed by atoms with E-state index in [1.807, 2.05) is 134 Å². The zero-order valence-electron chi connectivity index (χ0n) is 24.1. The number of rotatable bonds is 8. The van der Waals surface area contributed by atoms with E-state index in [0.717, 1.165) is 32.1 Å². The minimum absolute atomic E-state index is 0.283. The molecule has 0 saturated carbocycles. The van der Waals surface area contributed by atoms with E-state index in [4.69, 9.17) is 6.66 Å². The van der Waals surface area contributed by atoms with Gasteiger partial charge in [0.25, 0.3) is 0 Å². The summed E-state index contributed by atoms with van der Waals surface area (Å²) in [7, 11) is -4.22. The molecular formula is C38H34O2P2S. The Bertz CT molecular complexity index is 1790. The normalized spacial score (nSPS) is 13.1. The molecule has 0 aromatic heterocycles. The van der Waals surface area contributed by atoms with Crippen molar-refractivity contribution in [3.63, 3.8) is 0 Å². The van der Waals surface area contributed by atoms with E-state index in [0.29, 0.717) is 0 Å². The van der Waals surface area contributed by atoms with Crippen LogP contribution in [0.5, 0.6) is 0 Å². The van der Waals surface area contributed by atoms with Gasteiger partial charge in [-0.25, -0.2) is 0 Å². The van der Waals surface area contributed by atoms with Crippen LogP contribution in [-0.2, 0) is 9.46 Å². The number of aryl methyl sites for hydroxylation is 1. The van der Waals surface area contributed by atoms with E-state index in [1.54, 1.807) is 12.1 Å². The molecular weight excluding hydrogens is 582 g/mol. The second kappa shape index (κ2) is 11.3. The summed E-state index contributed by atoms with van der Waals surface area (Å²) >= 11 is 0. The van der Waals surface area contributed by atoms with Gasteiger partial charge < -0.3 is 0 Å². The van der Waals surface area contributed by atoms with Crippen molar-refractivity contribution >= 4 is 48.4 Å². The molecule has 0 fully saturated rings. The second-order valence-electron chi connectivity index (χ2n) is 10.8. The first-order chi connectivity index (χ1) is 20.9. The van der Waals surface area contributed by atoms with Crippen molar-refractivity contribution in [1.29, 1.82) is 0 Å². The molecule has 0 bridgehead atoms. The average Bonchev–Trinajstić information content (AvgIpc) is 3.07. The van der Waals surface area contributed by atoms with Crippen molar-refractivity contribution in [1.82, 2.24) is 0 Å². The second-order valence-corrected chi connectivity index (χ2v) is 27.5. The Balaban J connectivity index is 2.01. The Hall–Kier alpha value is -3.87. The van der Waals surface area contributed by atoms with Crippen molar-refractivity contribution in [2.75, 3.05) is 0 Å². The van der Waals surface area contributed by atoms with Crippen molar-refractivity contribution in [2.45, 2.75) is 11.8 Å². The topological polar surface area (TPSA) is 34.1 Å². The summed E-state index contributed by atoms with van der Waals surface area (Å²) in [5.74, 6) is 0. The van der Waals surface area contributed by atoms with Gasteiger partial charge in [0, 0.05) is 0 Å². The molecule has 214 valence electrons. The predicted molar refractivity (Wildman–Crippen MR) is 188 cm³/mol. The van der Waals surface area contributed by atoms with Gasteiger partial charge in [0.1, 0.15) is 0 Å². The molecule has 0 aliphatic heterocycles. The van der Waals surface area contributed by atoms with E-state index in [2.05, 4.69) is 36.4 Å². The summed E-state index contributed by atoms with van der Waals surface area (Å²) in [6.45, 7) is 4.06. The van der Waals surface area contributed by atoms with E-state index < -0.39 is 21.9 Å². The van der Waals surface area contributed by atoms with Gasteiger partial charge in [-0.2, -0.15) is 0 Å². The van der Waals surface area contributed by atoms with Crippen LogP contribution in [0.25, 0.3) is 0 Å². The van der Waals surface area contributed by atoms with E-state index in [9.17, 15) is 0 Å². The molecule has 0 heterocycles. The molecule has 43 heavy (non-hydrogen) atoms. The third kappa shape index (κ3) is 4.10. The Morgan fingerprint density at radius 1 is 0.465 bits per heavy atom. The summed E-state index contributed by atoms with van der Waals surface area (Å²) in [6.07, 6.45) is 0. The van der Waals surface area contributed by atoms with Gasteiger partial charge in [-0.3, -0.25) is 0 Å². The van der Waals surface area contributed by atoms with Gasteiger partial charge in [-0.1, -0.05) is 0 Å². The summed E-state index contributed by atoms with van der Waals surface area (Å²) in [6, 6.07) is 57.7. The van der Waals surface area contributed by atoms with Crippen LogP contribution in [0, 0.1) is 13.6 Å². The fraction of sp³-hybridized carbons (Fsp3) is 0.0263. The van der Waals surface area contributed by atoms with Crippen molar-refractivity contribution in [3.05, 3.63) is 188 Å². The van der Waals surface area contributed by atoms with E-state index in [-0.39, 0.29) is 4.90 Å². The molecule has 6 aromatic rings. The maximum absolute atomic E-state index is 16.3. The van der Waals surface area contributed by atoms with E-state index >= 15 is 8.42 Å². The summed E-state index contributed by atoms with van der Waals surface area (Å²) < 4.78 is 32.6. The zero-order chi connectivity index (χ0) is 30.0. The molecule has 0 unspecified atom stereocenters. The Kier molecular flexibility index (Phi) is 7.69. The molecule has 2 nitrogen and oxygen atoms in total. The quantitative estimate of drug-likeness (QED) is 0.131. The Labute approximate surface area is 255 Å². The monoisotopic (exact) mass is 616 g/mol. The Morgan fingerprint density at radius 3 is 1.09 bits per heavy atom. The SMILES string of the molecule is [CH2-]P(c1ccccc1)(c1ccccc1)([P+](c1ccccc1)(c1ccccc1)c1ccccc1)S(=O)(=O)c1ccc(C)cc1. The fourth-order valence-electron chi connectivity index (χ4n) is 6.45. The molecule has 0 radical (unpaired) electrons. The van der Waals surface area contributed by atoms with Crippen LogP contribution in [0.1, 0.15) is 5.56 Å². The van der Waals surface area contributed by atoms with Crippen molar-refractivity contribution in [2.24, 2.45) is 0 Å². The van der Waals surface area contributed by atoms with Crippen LogP contribution >= 0.6 is 12.4 Å². The van der Waals surface area contributed by atoms with Crippen LogP contribution in [0.3, 0.4) is 0 Å². The molecule has 0 atom stereocenters. The first-order valence-corrected chi connectivity index (χ1v) is 21.2. The summed E-state index contributed by atoms with van der Waals surface area (Å²) in [5, 5.41) is 4.41. The first-order valence-electron chi connectivity index (χ1n) is 14.2. The summed E-state index contributed by atoms with van der Waals surface area (Å²) in [4.78, 5) is 0.283. The average molecular weight is 617 g/mol. The third-order valence-corrected chi connectivity index (χ3v) is 33.9. The van der Waals surface area contributed by atoms with E-state index in [1.165, 1.54) is 0 Å². The molecule has 0 N–H and O–H groups in total. The predicted octanol–water partition coefficient (Wildman–Crippen LogP) is 7.59. The van der Waals surface area contributed by atoms with Crippen LogP contribution in [-0.4, -0.2) is 8.42 Å². The van der Waals surface area contributed by atoms with Crippen LogP contribution in [0.4, 0.5) is 0 Å². The molecule has 0 aliphatic carbocycles. The van der Waals surface area contributed by atoms with Gasteiger partial charge in [-0.05, 0) is 0 Å². The molecule has 6 rings (SSSR count). The van der Waals surface area contributed by atoms with Gasteiger partial charge in [0.05, 0.1) is 0 Å². The zero-order valence-corrected chi connectivity index (χ0v) is 26.7. The Morgan fingerprint density at radius 2 is 0.767 bits per heavy atom. The molecule has 5 heteroatoms. The van der Waals surface area contributed by atoms with Gasteiger partial charge >= 0.3 is 257 Å². The van der Waals surface area contributed by atoms with Crippen LogP contribution in [0.2, 0.25) is 0 Å². The third-order valence-electron chi connectivity index (χ3n) is 8.44. The number of hydrogen-bond donors (Lipinski definition) is 0. The molecule has 0 spiro atoms. The first kappa shape index (κ1) is 29.2. The van der Waals surface area contributed by atoms with Gasteiger partial charge in [0.15, 0.2) is 0 Å². The fourth-order valence-corrected chi connectivity index (χ4v) is 34.9. The summed E-state index contributed by atoms with van der Waals surface area (Å²) in [5.41, 5.74) is -3.76.